The van der Waals surface area contributed by atoms with E-state index in [9.17, 15) is 10.1 Å². The minimum Gasteiger partial charge on any atom is -0.472 e. The van der Waals surface area contributed by atoms with Gasteiger partial charge in [0.05, 0.1) is 24.1 Å². The number of hydrogen-bond acceptors (Lipinski definition) is 3. The fourth-order valence-corrected chi connectivity index (χ4v) is 3.36. The number of H-pyrrole nitrogens is 1. The van der Waals surface area contributed by atoms with E-state index >= 15 is 0 Å². The normalized spacial score (nSPS) is 12.3. The highest BCUT2D eigenvalue weighted by Crippen LogP contribution is 2.39. The van der Waals surface area contributed by atoms with Crippen molar-refractivity contribution in [3.63, 3.8) is 0 Å². The first kappa shape index (κ1) is 15.2. The number of aromatic nitrogens is 1. The molecule has 4 aromatic rings. The van der Waals surface area contributed by atoms with Gasteiger partial charge in [0.1, 0.15) is 0 Å². The molecule has 0 spiro atoms. The molecule has 0 saturated heterocycles. The largest absolute Gasteiger partial charge is 0.472 e. The van der Waals surface area contributed by atoms with Crippen LogP contribution in [0.5, 0.6) is 0 Å². The second-order valence-corrected chi connectivity index (χ2v) is 5.95. The van der Waals surface area contributed by atoms with Gasteiger partial charge in [-0.25, -0.2) is 0 Å². The highest BCUT2D eigenvalue weighted by atomic mass is 16.6. The van der Waals surface area contributed by atoms with E-state index < -0.39 is 0 Å². The minimum absolute atomic E-state index is 0.170. The topological polar surface area (TPSA) is 72.1 Å². The zero-order valence-corrected chi connectivity index (χ0v) is 13.4. The van der Waals surface area contributed by atoms with Crippen LogP contribution in [-0.4, -0.2) is 16.5 Å². The van der Waals surface area contributed by atoms with Gasteiger partial charge in [-0.15, -0.1) is 0 Å². The lowest BCUT2D eigenvalue weighted by Gasteiger charge is -2.15. The fraction of sp³-hybridized carbons (Fsp3) is 0.100. The summed E-state index contributed by atoms with van der Waals surface area (Å²) >= 11 is 0. The third kappa shape index (κ3) is 2.80. The number of fused-ring (bicyclic) bond motifs is 1. The van der Waals surface area contributed by atoms with Crippen LogP contribution in [0.25, 0.3) is 22.2 Å². The van der Waals surface area contributed by atoms with Crippen molar-refractivity contribution in [2.45, 2.75) is 5.92 Å². The zero-order chi connectivity index (χ0) is 17.2. The van der Waals surface area contributed by atoms with Crippen molar-refractivity contribution in [1.82, 2.24) is 4.98 Å². The molecule has 0 fully saturated rings. The van der Waals surface area contributed by atoms with E-state index in [1.165, 1.54) is 0 Å². The number of aromatic amines is 1. The summed E-state index contributed by atoms with van der Waals surface area (Å²) < 4.78 is 5.23. The van der Waals surface area contributed by atoms with Crippen LogP contribution in [-0.2, 0) is 0 Å². The number of hydrogen-bond donors (Lipinski definition) is 1. The molecular formula is C20H16N2O3. The molecule has 0 bridgehead atoms. The molecule has 0 aliphatic heterocycles. The number of para-hydroxylation sites is 1. The lowest BCUT2D eigenvalue weighted by atomic mass is 9.88. The predicted octanol–water partition coefficient (Wildman–Crippen LogP) is 4.84. The molecule has 1 unspecified atom stereocenters. The molecule has 0 amide bonds. The van der Waals surface area contributed by atoms with Crippen molar-refractivity contribution in [2.24, 2.45) is 0 Å². The van der Waals surface area contributed by atoms with Crippen LogP contribution in [0, 0.1) is 10.1 Å². The maximum absolute atomic E-state index is 11.4. The molecule has 2 aromatic carbocycles. The lowest BCUT2D eigenvalue weighted by Crippen LogP contribution is -2.14. The second kappa shape index (κ2) is 6.28. The van der Waals surface area contributed by atoms with E-state index in [4.69, 9.17) is 4.42 Å². The van der Waals surface area contributed by atoms with Crippen molar-refractivity contribution >= 4 is 10.9 Å². The molecule has 0 aliphatic rings. The summed E-state index contributed by atoms with van der Waals surface area (Å²) in [6, 6.07) is 19.4. The Labute approximate surface area is 144 Å². The lowest BCUT2D eigenvalue weighted by molar-refractivity contribution is -0.481. The molecule has 5 heteroatoms. The molecule has 0 radical (unpaired) electrons. The summed E-state index contributed by atoms with van der Waals surface area (Å²) in [7, 11) is 0. The Balaban J connectivity index is 1.99. The first-order valence-corrected chi connectivity index (χ1v) is 8.04. The van der Waals surface area contributed by atoms with Gasteiger partial charge in [0.25, 0.3) is 0 Å². The number of nitrogens with one attached hydrogen (secondary N) is 1. The van der Waals surface area contributed by atoms with Gasteiger partial charge in [-0.3, -0.25) is 10.1 Å². The highest BCUT2D eigenvalue weighted by Gasteiger charge is 2.27. The quantitative estimate of drug-likeness (QED) is 0.420. The van der Waals surface area contributed by atoms with Crippen molar-refractivity contribution in [3.8, 4) is 11.3 Å². The summed E-state index contributed by atoms with van der Waals surface area (Å²) in [5.41, 5.74) is 4.56. The van der Waals surface area contributed by atoms with Crippen LogP contribution in [0.2, 0.25) is 0 Å². The smallest absolute Gasteiger partial charge is 0.214 e. The minimum atomic E-state index is -0.350. The number of furan rings is 1. The Morgan fingerprint density at radius 2 is 1.80 bits per heavy atom. The standard InChI is InChI=1S/C20H16N2O3/c23-22(24)12-17(14-6-2-1-3-7-14)19-16-8-4-5-9-18(16)21-20(19)15-10-11-25-13-15/h1-11,13,17,21H,12H2. The van der Waals surface area contributed by atoms with E-state index in [2.05, 4.69) is 4.98 Å². The molecule has 2 aromatic heterocycles. The molecule has 5 nitrogen and oxygen atoms in total. The van der Waals surface area contributed by atoms with Crippen LogP contribution in [0.1, 0.15) is 17.0 Å². The summed E-state index contributed by atoms with van der Waals surface area (Å²) in [5.74, 6) is -0.350. The first-order chi connectivity index (χ1) is 12.2. The van der Waals surface area contributed by atoms with E-state index in [1.54, 1.807) is 12.5 Å². The Bertz CT molecular complexity index is 1000. The Hall–Kier alpha value is -3.34. The summed E-state index contributed by atoms with van der Waals surface area (Å²) in [6.45, 7) is -0.170. The highest BCUT2D eigenvalue weighted by molar-refractivity contribution is 5.91. The van der Waals surface area contributed by atoms with Crippen LogP contribution in [0.4, 0.5) is 0 Å². The van der Waals surface area contributed by atoms with Gasteiger partial charge in [-0.2, -0.15) is 0 Å². The molecule has 0 aliphatic carbocycles. The monoisotopic (exact) mass is 332 g/mol. The van der Waals surface area contributed by atoms with Gasteiger partial charge in [0.2, 0.25) is 6.54 Å². The zero-order valence-electron chi connectivity index (χ0n) is 13.4. The third-order valence-corrected chi connectivity index (χ3v) is 4.44. The average Bonchev–Trinajstić information content (AvgIpc) is 3.28. The molecule has 4 rings (SSSR count). The Morgan fingerprint density at radius 1 is 1.04 bits per heavy atom. The number of benzene rings is 2. The molecule has 1 N–H and O–H groups in total. The summed E-state index contributed by atoms with van der Waals surface area (Å²) in [6.07, 6.45) is 3.26. The maximum atomic E-state index is 11.4. The SMILES string of the molecule is O=[N+]([O-])CC(c1ccccc1)c1c(-c2ccoc2)[nH]c2ccccc12. The van der Waals surface area contributed by atoms with E-state index in [1.807, 2.05) is 60.7 Å². The van der Waals surface area contributed by atoms with E-state index in [0.29, 0.717) is 0 Å². The molecular weight excluding hydrogens is 316 g/mol. The fourth-order valence-electron chi connectivity index (χ4n) is 3.36. The maximum Gasteiger partial charge on any atom is 0.214 e. The molecule has 2 heterocycles. The summed E-state index contributed by atoms with van der Waals surface area (Å²) in [5, 5.41) is 12.4. The Morgan fingerprint density at radius 3 is 2.52 bits per heavy atom. The van der Waals surface area contributed by atoms with Gasteiger partial charge >= 0.3 is 0 Å². The average molecular weight is 332 g/mol. The Kier molecular flexibility index (Phi) is 3.82. The molecule has 25 heavy (non-hydrogen) atoms. The van der Waals surface area contributed by atoms with Crippen molar-refractivity contribution in [2.75, 3.05) is 6.54 Å². The number of nitro groups is 1. The molecule has 124 valence electrons. The van der Waals surface area contributed by atoms with Crippen LogP contribution >= 0.6 is 0 Å². The first-order valence-electron chi connectivity index (χ1n) is 8.04. The van der Waals surface area contributed by atoms with Crippen molar-refractivity contribution in [1.29, 1.82) is 0 Å². The van der Waals surface area contributed by atoms with Crippen LogP contribution < -0.4 is 0 Å². The van der Waals surface area contributed by atoms with Crippen LogP contribution in [0.15, 0.2) is 77.6 Å². The van der Waals surface area contributed by atoms with Crippen molar-refractivity contribution in [3.05, 3.63) is 94.4 Å². The third-order valence-electron chi connectivity index (χ3n) is 4.44. The van der Waals surface area contributed by atoms with Crippen LogP contribution in [0.3, 0.4) is 0 Å². The van der Waals surface area contributed by atoms with E-state index in [-0.39, 0.29) is 17.4 Å². The molecule has 1 atom stereocenters. The number of rotatable bonds is 5. The van der Waals surface area contributed by atoms with Gasteiger partial charge in [-0.1, -0.05) is 48.5 Å². The summed E-state index contributed by atoms with van der Waals surface area (Å²) in [4.78, 5) is 14.5. The van der Waals surface area contributed by atoms with Gasteiger partial charge in [0, 0.05) is 21.4 Å². The van der Waals surface area contributed by atoms with Gasteiger partial charge in [-0.05, 0) is 23.3 Å². The van der Waals surface area contributed by atoms with Gasteiger partial charge < -0.3 is 9.40 Å². The second-order valence-electron chi connectivity index (χ2n) is 5.95. The van der Waals surface area contributed by atoms with Crippen molar-refractivity contribution < 1.29 is 9.34 Å². The van der Waals surface area contributed by atoms with Gasteiger partial charge in [0.15, 0.2) is 0 Å². The number of nitrogens with zero attached hydrogens (tertiary/aromatic N) is 1. The van der Waals surface area contributed by atoms with E-state index in [0.717, 1.165) is 33.3 Å². The predicted molar refractivity (Wildman–Crippen MR) is 96.1 cm³/mol. The molecule has 0 saturated carbocycles.